The average Bonchev–Trinajstić information content (AvgIpc) is 3.17. The number of fused-ring (bicyclic) bond motifs is 1. The van der Waals surface area contributed by atoms with Crippen LogP contribution in [0.4, 0.5) is 10.1 Å². The molecule has 0 aliphatic rings. The number of aromatic nitrogens is 3. The molecule has 7 nitrogen and oxygen atoms in total. The quantitative estimate of drug-likeness (QED) is 0.440. The first-order valence-electron chi connectivity index (χ1n) is 9.92. The lowest BCUT2D eigenvalue weighted by Gasteiger charge is -2.12. The highest BCUT2D eigenvalue weighted by molar-refractivity contribution is 7.80. The molecule has 4 rings (SSSR count). The third kappa shape index (κ3) is 4.57. The van der Waals surface area contributed by atoms with E-state index in [-0.39, 0.29) is 10.7 Å². The van der Waals surface area contributed by atoms with Crippen LogP contribution >= 0.6 is 12.2 Å². The van der Waals surface area contributed by atoms with Crippen LogP contribution < -0.4 is 15.4 Å². The molecular formula is C23H20FN5O2S. The van der Waals surface area contributed by atoms with Crippen molar-refractivity contribution in [2.45, 2.75) is 13.8 Å². The van der Waals surface area contributed by atoms with Crippen LogP contribution in [0.2, 0.25) is 0 Å². The number of anilines is 1. The highest BCUT2D eigenvalue weighted by atomic mass is 32.1. The number of rotatable bonds is 5. The van der Waals surface area contributed by atoms with E-state index in [1.165, 1.54) is 18.2 Å². The minimum absolute atomic E-state index is 0.0552. The number of amides is 1. The largest absolute Gasteiger partial charge is 0.494 e. The molecule has 0 radical (unpaired) electrons. The van der Waals surface area contributed by atoms with Gasteiger partial charge in [-0.2, -0.15) is 4.80 Å². The summed E-state index contributed by atoms with van der Waals surface area (Å²) in [6, 6.07) is 16.9. The van der Waals surface area contributed by atoms with Crippen molar-refractivity contribution in [3.63, 3.8) is 0 Å². The number of nitrogens with one attached hydrogen (secondary N) is 2. The van der Waals surface area contributed by atoms with Gasteiger partial charge in [0.05, 0.1) is 17.9 Å². The standard InChI is InChI=1S/C23H20FN5O2S/c1-3-31-16-10-8-15(9-11-16)29-27-20-12-14(2)19(13-21(20)28-29)25-23(32)26-22(30)17-6-4-5-7-18(17)24/h4-13H,3H2,1-2H3,(H2,25,26,30,32). The number of halogens is 1. The lowest BCUT2D eigenvalue weighted by Crippen LogP contribution is -2.34. The van der Waals surface area contributed by atoms with E-state index in [1.807, 2.05) is 44.2 Å². The summed E-state index contributed by atoms with van der Waals surface area (Å²) in [5.74, 6) is -0.460. The Kier molecular flexibility index (Phi) is 6.09. The summed E-state index contributed by atoms with van der Waals surface area (Å²) in [5.41, 5.74) is 3.60. The van der Waals surface area contributed by atoms with Crippen molar-refractivity contribution < 1.29 is 13.9 Å². The Hall–Kier alpha value is -3.85. The first-order chi connectivity index (χ1) is 15.4. The molecule has 1 amide bonds. The zero-order valence-corrected chi connectivity index (χ0v) is 18.2. The minimum Gasteiger partial charge on any atom is -0.494 e. The van der Waals surface area contributed by atoms with E-state index in [0.717, 1.165) is 17.0 Å². The lowest BCUT2D eigenvalue weighted by atomic mass is 10.2. The van der Waals surface area contributed by atoms with Crippen LogP contribution in [0.25, 0.3) is 16.7 Å². The molecule has 0 spiro atoms. The lowest BCUT2D eigenvalue weighted by molar-refractivity contribution is 0.0974. The van der Waals surface area contributed by atoms with Gasteiger partial charge in [0.25, 0.3) is 5.91 Å². The maximum Gasteiger partial charge on any atom is 0.260 e. The molecule has 0 bridgehead atoms. The second-order valence-electron chi connectivity index (χ2n) is 6.96. The third-order valence-electron chi connectivity index (χ3n) is 4.70. The maximum absolute atomic E-state index is 13.8. The van der Waals surface area contributed by atoms with Gasteiger partial charge in [-0.3, -0.25) is 10.1 Å². The van der Waals surface area contributed by atoms with E-state index in [2.05, 4.69) is 20.8 Å². The van der Waals surface area contributed by atoms with Gasteiger partial charge in [0.15, 0.2) is 5.11 Å². The number of hydrogen-bond acceptors (Lipinski definition) is 5. The van der Waals surface area contributed by atoms with Gasteiger partial charge >= 0.3 is 0 Å². The van der Waals surface area contributed by atoms with Crippen molar-refractivity contribution in [3.8, 4) is 11.4 Å². The number of hydrogen-bond donors (Lipinski definition) is 2. The highest BCUT2D eigenvalue weighted by Crippen LogP contribution is 2.23. The van der Waals surface area contributed by atoms with Crippen LogP contribution in [-0.2, 0) is 0 Å². The summed E-state index contributed by atoms with van der Waals surface area (Å²) in [6.45, 7) is 4.42. The molecule has 0 saturated carbocycles. The molecule has 2 N–H and O–H groups in total. The third-order valence-corrected chi connectivity index (χ3v) is 4.90. The molecule has 0 aliphatic heterocycles. The van der Waals surface area contributed by atoms with E-state index in [9.17, 15) is 9.18 Å². The number of benzene rings is 3. The van der Waals surface area contributed by atoms with Crippen LogP contribution in [0, 0.1) is 12.7 Å². The molecule has 0 saturated heterocycles. The number of aryl methyl sites for hydroxylation is 1. The Balaban J connectivity index is 1.52. The maximum atomic E-state index is 13.8. The number of carbonyl (C=O) groups is 1. The predicted molar refractivity (Wildman–Crippen MR) is 125 cm³/mol. The first kappa shape index (κ1) is 21.4. The first-order valence-corrected chi connectivity index (χ1v) is 10.3. The van der Waals surface area contributed by atoms with Crippen molar-refractivity contribution in [2.24, 2.45) is 0 Å². The average molecular weight is 450 g/mol. The fourth-order valence-electron chi connectivity index (χ4n) is 3.13. The van der Waals surface area contributed by atoms with E-state index in [0.29, 0.717) is 23.3 Å². The van der Waals surface area contributed by atoms with Crippen molar-refractivity contribution >= 4 is 40.0 Å². The molecular weight excluding hydrogens is 429 g/mol. The molecule has 32 heavy (non-hydrogen) atoms. The van der Waals surface area contributed by atoms with Crippen LogP contribution in [0.3, 0.4) is 0 Å². The molecule has 1 heterocycles. The van der Waals surface area contributed by atoms with Crippen molar-refractivity contribution in [1.29, 1.82) is 0 Å². The van der Waals surface area contributed by atoms with Crippen molar-refractivity contribution in [2.75, 3.05) is 11.9 Å². The van der Waals surface area contributed by atoms with Gasteiger partial charge in [-0.05, 0) is 80.2 Å². The molecule has 0 fully saturated rings. The summed E-state index contributed by atoms with van der Waals surface area (Å²) >= 11 is 5.23. The summed E-state index contributed by atoms with van der Waals surface area (Å²) in [4.78, 5) is 13.8. The van der Waals surface area contributed by atoms with Gasteiger partial charge in [-0.15, -0.1) is 10.2 Å². The van der Waals surface area contributed by atoms with E-state index < -0.39 is 11.7 Å². The van der Waals surface area contributed by atoms with Gasteiger partial charge in [0.1, 0.15) is 22.6 Å². The van der Waals surface area contributed by atoms with E-state index in [1.54, 1.807) is 16.9 Å². The summed E-state index contributed by atoms with van der Waals surface area (Å²) in [7, 11) is 0. The molecule has 0 aliphatic carbocycles. The molecule has 3 aromatic carbocycles. The van der Waals surface area contributed by atoms with Gasteiger partial charge in [0.2, 0.25) is 0 Å². The zero-order valence-electron chi connectivity index (χ0n) is 17.4. The Labute approximate surface area is 189 Å². The monoisotopic (exact) mass is 449 g/mol. The molecule has 4 aromatic rings. The summed E-state index contributed by atoms with van der Waals surface area (Å²) in [6.07, 6.45) is 0. The van der Waals surface area contributed by atoms with Crippen molar-refractivity contribution in [3.05, 3.63) is 77.6 Å². The second kappa shape index (κ2) is 9.11. The zero-order chi connectivity index (χ0) is 22.7. The van der Waals surface area contributed by atoms with Crippen LogP contribution in [0.15, 0.2) is 60.7 Å². The Morgan fingerprint density at radius 1 is 1.09 bits per heavy atom. The fourth-order valence-corrected chi connectivity index (χ4v) is 3.33. The Morgan fingerprint density at radius 2 is 1.78 bits per heavy atom. The fraction of sp³-hybridized carbons (Fsp3) is 0.130. The van der Waals surface area contributed by atoms with E-state index >= 15 is 0 Å². The smallest absolute Gasteiger partial charge is 0.260 e. The number of ether oxygens (including phenoxy) is 1. The van der Waals surface area contributed by atoms with E-state index in [4.69, 9.17) is 17.0 Å². The molecule has 0 atom stereocenters. The molecule has 1 aromatic heterocycles. The molecule has 9 heteroatoms. The normalized spacial score (nSPS) is 10.7. The number of thiocarbonyl (C=S) groups is 1. The Bertz CT molecular complexity index is 1300. The van der Waals surface area contributed by atoms with Gasteiger partial charge < -0.3 is 10.1 Å². The van der Waals surface area contributed by atoms with Crippen molar-refractivity contribution in [1.82, 2.24) is 20.3 Å². The Morgan fingerprint density at radius 3 is 2.47 bits per heavy atom. The van der Waals surface area contributed by atoms with Gasteiger partial charge in [-0.1, -0.05) is 12.1 Å². The second-order valence-corrected chi connectivity index (χ2v) is 7.37. The van der Waals surface area contributed by atoms with Crippen LogP contribution in [0.5, 0.6) is 5.75 Å². The summed E-state index contributed by atoms with van der Waals surface area (Å²) in [5, 5.41) is 14.6. The molecule has 0 unspecified atom stereocenters. The van der Waals surface area contributed by atoms with Gasteiger partial charge in [-0.25, -0.2) is 4.39 Å². The molecule has 162 valence electrons. The topological polar surface area (TPSA) is 81.1 Å². The minimum atomic E-state index is -0.624. The SMILES string of the molecule is CCOc1ccc(-n2nc3cc(C)c(NC(=S)NC(=O)c4ccccc4F)cc3n2)cc1. The van der Waals surface area contributed by atoms with Crippen LogP contribution in [0.1, 0.15) is 22.8 Å². The number of carbonyl (C=O) groups excluding carboxylic acids is 1. The van der Waals surface area contributed by atoms with Gasteiger partial charge in [0, 0.05) is 5.69 Å². The van der Waals surface area contributed by atoms with Crippen LogP contribution in [-0.4, -0.2) is 32.6 Å². The highest BCUT2D eigenvalue weighted by Gasteiger charge is 2.14. The summed E-state index contributed by atoms with van der Waals surface area (Å²) < 4.78 is 19.3. The number of nitrogens with zero attached hydrogens (tertiary/aromatic N) is 3. The predicted octanol–water partition coefficient (Wildman–Crippen LogP) is 4.39.